The van der Waals surface area contributed by atoms with E-state index in [1.807, 2.05) is 0 Å². The molecule has 0 saturated heterocycles. The van der Waals surface area contributed by atoms with Crippen LogP contribution in [0.5, 0.6) is 0 Å². The number of ether oxygens (including phenoxy) is 1. The summed E-state index contributed by atoms with van der Waals surface area (Å²) in [5.41, 5.74) is 0.254. The number of rotatable bonds is 6. The molecule has 0 unspecified atom stereocenters. The van der Waals surface area contributed by atoms with E-state index in [-0.39, 0.29) is 12.5 Å². The van der Waals surface area contributed by atoms with Gasteiger partial charge in [-0.2, -0.15) is 0 Å². The van der Waals surface area contributed by atoms with E-state index in [2.05, 4.69) is 23.8 Å². The van der Waals surface area contributed by atoms with Crippen molar-refractivity contribution in [1.29, 1.82) is 0 Å². The Morgan fingerprint density at radius 1 is 1.16 bits per heavy atom. The highest BCUT2D eigenvalue weighted by Gasteiger charge is 2.16. The van der Waals surface area contributed by atoms with Gasteiger partial charge in [-0.3, -0.25) is 4.79 Å². The lowest BCUT2D eigenvalue weighted by atomic mass is 10.2. The first-order valence-electron chi connectivity index (χ1n) is 5.96. The predicted molar refractivity (Wildman–Crippen MR) is 75.7 cm³/mol. The molecule has 0 saturated carbocycles. The highest BCUT2D eigenvalue weighted by Crippen LogP contribution is 2.05. The Balaban J connectivity index is 4.00. The summed E-state index contributed by atoms with van der Waals surface area (Å²) in [6.45, 7) is 12.6. The Kier molecular flexibility index (Phi) is 7.26. The maximum Gasteiger partial charge on any atom is 0.408 e. The molecule has 0 aromatic heterocycles. The minimum absolute atomic E-state index is 0.132. The van der Waals surface area contributed by atoms with Crippen molar-refractivity contribution in [3.63, 3.8) is 0 Å². The Bertz CT molecular complexity index is 379. The lowest BCUT2D eigenvalue weighted by Crippen LogP contribution is -2.40. The fourth-order valence-electron chi connectivity index (χ4n) is 1.08. The smallest absolute Gasteiger partial charge is 0.408 e. The monoisotopic (exact) mass is 266 g/mol. The van der Waals surface area contributed by atoms with Gasteiger partial charge >= 0.3 is 6.09 Å². The molecular weight excluding hydrogens is 244 g/mol. The van der Waals surface area contributed by atoms with E-state index < -0.39 is 11.7 Å². The van der Waals surface area contributed by atoms with E-state index in [4.69, 9.17) is 4.74 Å². The lowest BCUT2D eigenvalue weighted by Gasteiger charge is -2.19. The van der Waals surface area contributed by atoms with Crippen molar-refractivity contribution in [1.82, 2.24) is 10.6 Å². The Morgan fingerprint density at radius 3 is 2.26 bits per heavy atom. The van der Waals surface area contributed by atoms with Gasteiger partial charge in [-0.15, -0.1) is 0 Å². The van der Waals surface area contributed by atoms with Crippen molar-refractivity contribution in [2.75, 3.05) is 13.1 Å². The third-order valence-electron chi connectivity index (χ3n) is 1.88. The van der Waals surface area contributed by atoms with Crippen molar-refractivity contribution in [2.45, 2.75) is 26.4 Å². The molecule has 0 bridgehead atoms. The molecule has 0 heterocycles. The lowest BCUT2D eigenvalue weighted by molar-refractivity contribution is -0.120. The van der Waals surface area contributed by atoms with Gasteiger partial charge < -0.3 is 15.4 Å². The van der Waals surface area contributed by atoms with Gasteiger partial charge in [0.2, 0.25) is 5.91 Å². The average molecular weight is 266 g/mol. The number of allylic oxidation sites excluding steroid dienone is 2. The third kappa shape index (κ3) is 9.64. The molecule has 2 N–H and O–H groups in total. The van der Waals surface area contributed by atoms with E-state index in [1.54, 1.807) is 39.0 Å². The van der Waals surface area contributed by atoms with E-state index in [0.29, 0.717) is 6.54 Å². The molecule has 0 radical (unpaired) electrons. The summed E-state index contributed by atoms with van der Waals surface area (Å²) in [6.07, 6.45) is 4.37. The summed E-state index contributed by atoms with van der Waals surface area (Å²) < 4.78 is 5.00. The van der Waals surface area contributed by atoms with Crippen LogP contribution >= 0.6 is 0 Å². The highest BCUT2D eigenvalue weighted by atomic mass is 16.6. The fourth-order valence-corrected chi connectivity index (χ4v) is 1.08. The number of hydrogen-bond acceptors (Lipinski definition) is 3. The van der Waals surface area contributed by atoms with Crippen molar-refractivity contribution in [3.8, 4) is 0 Å². The van der Waals surface area contributed by atoms with Crippen LogP contribution < -0.4 is 10.6 Å². The van der Waals surface area contributed by atoms with Crippen LogP contribution in [0.3, 0.4) is 0 Å². The first-order chi connectivity index (χ1) is 8.78. The summed E-state index contributed by atoms with van der Waals surface area (Å²) in [4.78, 5) is 22.8. The molecule has 19 heavy (non-hydrogen) atoms. The molecule has 0 fully saturated rings. The first kappa shape index (κ1) is 17.0. The third-order valence-corrected chi connectivity index (χ3v) is 1.88. The van der Waals surface area contributed by atoms with Gasteiger partial charge in [0.05, 0.1) is 0 Å². The second-order valence-electron chi connectivity index (χ2n) is 4.81. The number of carbonyl (C=O) groups excluding carboxylic acids is 2. The first-order valence-corrected chi connectivity index (χ1v) is 5.96. The number of nitrogens with one attached hydrogen (secondary N) is 2. The fraction of sp³-hybridized carbons (Fsp3) is 0.429. The molecular formula is C14H22N2O3. The van der Waals surface area contributed by atoms with E-state index >= 15 is 0 Å². The van der Waals surface area contributed by atoms with Gasteiger partial charge in [0.15, 0.2) is 0 Å². The number of hydrogen-bond donors (Lipinski definition) is 2. The average Bonchev–Trinajstić information content (AvgIpc) is 2.29. The summed E-state index contributed by atoms with van der Waals surface area (Å²) in [7, 11) is 0. The minimum atomic E-state index is -0.617. The molecule has 0 atom stereocenters. The maximum absolute atomic E-state index is 11.5. The van der Waals surface area contributed by atoms with Crippen LogP contribution in [-0.4, -0.2) is 30.7 Å². The molecule has 0 rings (SSSR count). The largest absolute Gasteiger partial charge is 0.444 e. The number of alkyl carbamates (subject to hydrolysis) is 1. The molecule has 5 heteroatoms. The SMILES string of the molecule is C=C/C=C(\C=C)CNC(=O)CNC(=O)OC(C)(C)C. The van der Waals surface area contributed by atoms with Crippen molar-refractivity contribution in [2.24, 2.45) is 0 Å². The zero-order valence-corrected chi connectivity index (χ0v) is 11.8. The summed E-state index contributed by atoms with van der Waals surface area (Å²) in [5, 5.41) is 5.01. The Labute approximate surface area is 114 Å². The molecule has 0 aliphatic heterocycles. The summed E-state index contributed by atoms with van der Waals surface area (Å²) >= 11 is 0. The highest BCUT2D eigenvalue weighted by molar-refractivity contribution is 5.82. The summed E-state index contributed by atoms with van der Waals surface area (Å²) in [5.74, 6) is -0.303. The standard InChI is InChI=1S/C14H22N2O3/c1-6-8-11(7-2)9-15-12(17)10-16-13(18)19-14(3,4)5/h6-8H,1-2,9-10H2,3-5H3,(H,15,17)(H,16,18)/b11-8+. The van der Waals surface area contributed by atoms with Gasteiger partial charge in [-0.05, 0) is 26.3 Å². The van der Waals surface area contributed by atoms with Crippen molar-refractivity contribution < 1.29 is 14.3 Å². The normalized spacial score (nSPS) is 11.4. The Morgan fingerprint density at radius 2 is 1.79 bits per heavy atom. The zero-order chi connectivity index (χ0) is 14.9. The van der Waals surface area contributed by atoms with Gasteiger partial charge in [0.1, 0.15) is 12.1 Å². The quantitative estimate of drug-likeness (QED) is 0.722. The van der Waals surface area contributed by atoms with Crippen LogP contribution in [0, 0.1) is 0 Å². The van der Waals surface area contributed by atoms with Gasteiger partial charge in [-0.25, -0.2) is 4.79 Å². The molecule has 5 nitrogen and oxygen atoms in total. The van der Waals surface area contributed by atoms with E-state index in [0.717, 1.165) is 5.57 Å². The van der Waals surface area contributed by atoms with Crippen LogP contribution in [-0.2, 0) is 9.53 Å². The van der Waals surface area contributed by atoms with E-state index in [9.17, 15) is 9.59 Å². The van der Waals surface area contributed by atoms with Crippen LogP contribution in [0.25, 0.3) is 0 Å². The van der Waals surface area contributed by atoms with Gasteiger partial charge in [0.25, 0.3) is 0 Å². The van der Waals surface area contributed by atoms with Crippen LogP contribution in [0.2, 0.25) is 0 Å². The molecule has 106 valence electrons. The van der Waals surface area contributed by atoms with E-state index in [1.165, 1.54) is 0 Å². The molecule has 0 aliphatic carbocycles. The minimum Gasteiger partial charge on any atom is -0.444 e. The second kappa shape index (κ2) is 8.13. The molecule has 0 aromatic rings. The van der Waals surface area contributed by atoms with Crippen molar-refractivity contribution >= 4 is 12.0 Å². The maximum atomic E-state index is 11.5. The van der Waals surface area contributed by atoms with Crippen LogP contribution in [0.4, 0.5) is 4.79 Å². The molecule has 2 amide bonds. The summed E-state index contributed by atoms with van der Waals surface area (Å²) in [6, 6.07) is 0. The number of amides is 2. The topological polar surface area (TPSA) is 67.4 Å². The molecule has 0 spiro atoms. The molecule has 0 aliphatic rings. The Hall–Kier alpha value is -2.04. The zero-order valence-electron chi connectivity index (χ0n) is 11.8. The number of carbonyl (C=O) groups is 2. The van der Waals surface area contributed by atoms with Crippen LogP contribution in [0.1, 0.15) is 20.8 Å². The second-order valence-corrected chi connectivity index (χ2v) is 4.81. The van der Waals surface area contributed by atoms with Crippen LogP contribution in [0.15, 0.2) is 37.0 Å². The van der Waals surface area contributed by atoms with Gasteiger partial charge in [0, 0.05) is 6.54 Å². The molecule has 0 aromatic carbocycles. The van der Waals surface area contributed by atoms with Gasteiger partial charge in [-0.1, -0.05) is 31.4 Å². The predicted octanol–water partition coefficient (Wildman–Crippen LogP) is 1.93. The van der Waals surface area contributed by atoms with Crippen molar-refractivity contribution in [3.05, 3.63) is 37.0 Å².